The SMILES string of the molecule is COCCn1cc(C(=O)Nc2ccc3c(c2)OC(F)(F)O3)c2ccccc21. The molecule has 0 radical (unpaired) electrons. The number of fused-ring (bicyclic) bond motifs is 2. The molecular formula is C19H16F2N2O4. The minimum absolute atomic E-state index is 0.0748. The quantitative estimate of drug-likeness (QED) is 0.737. The maximum absolute atomic E-state index is 13.1. The summed E-state index contributed by atoms with van der Waals surface area (Å²) in [6, 6.07) is 11.6. The van der Waals surface area contributed by atoms with Crippen LogP contribution in [0, 0.1) is 0 Å². The van der Waals surface area contributed by atoms with Gasteiger partial charge in [0.05, 0.1) is 12.2 Å². The molecule has 2 heterocycles. The summed E-state index contributed by atoms with van der Waals surface area (Å²) < 4.78 is 42.1. The van der Waals surface area contributed by atoms with Crippen molar-refractivity contribution in [3.63, 3.8) is 0 Å². The number of anilines is 1. The second-order valence-electron chi connectivity index (χ2n) is 6.03. The summed E-state index contributed by atoms with van der Waals surface area (Å²) in [6.07, 6.45) is -1.94. The topological polar surface area (TPSA) is 61.7 Å². The first-order chi connectivity index (χ1) is 13.0. The Morgan fingerprint density at radius 2 is 1.96 bits per heavy atom. The van der Waals surface area contributed by atoms with Crippen molar-refractivity contribution >= 4 is 22.5 Å². The number of carbonyl (C=O) groups is 1. The summed E-state index contributed by atoms with van der Waals surface area (Å²) in [5.74, 6) is -0.553. The van der Waals surface area contributed by atoms with Crippen LogP contribution in [0.15, 0.2) is 48.7 Å². The van der Waals surface area contributed by atoms with Crippen LogP contribution in [-0.4, -0.2) is 30.5 Å². The highest BCUT2D eigenvalue weighted by atomic mass is 19.3. The lowest BCUT2D eigenvalue weighted by Gasteiger charge is -2.05. The van der Waals surface area contributed by atoms with Crippen molar-refractivity contribution in [3.05, 3.63) is 54.2 Å². The molecule has 8 heteroatoms. The summed E-state index contributed by atoms with van der Waals surface area (Å²) in [5, 5.41) is 3.50. The number of carbonyl (C=O) groups excluding carboxylic acids is 1. The number of aromatic nitrogens is 1. The van der Waals surface area contributed by atoms with Gasteiger partial charge < -0.3 is 24.1 Å². The Morgan fingerprint density at radius 3 is 2.78 bits per heavy atom. The Hall–Kier alpha value is -3.13. The van der Waals surface area contributed by atoms with Crippen molar-refractivity contribution in [2.75, 3.05) is 19.0 Å². The number of nitrogens with one attached hydrogen (secondary N) is 1. The van der Waals surface area contributed by atoms with Gasteiger partial charge in [-0.3, -0.25) is 4.79 Å². The molecule has 140 valence electrons. The van der Waals surface area contributed by atoms with E-state index in [1.807, 2.05) is 28.8 Å². The van der Waals surface area contributed by atoms with Gasteiger partial charge in [0.25, 0.3) is 5.91 Å². The van der Waals surface area contributed by atoms with Crippen LogP contribution in [0.3, 0.4) is 0 Å². The molecule has 2 aromatic carbocycles. The molecule has 1 aliphatic heterocycles. The number of ether oxygens (including phenoxy) is 3. The lowest BCUT2D eigenvalue weighted by molar-refractivity contribution is -0.286. The molecule has 0 bridgehead atoms. The number of para-hydroxylation sites is 1. The van der Waals surface area contributed by atoms with Gasteiger partial charge >= 0.3 is 6.29 Å². The third-order valence-electron chi connectivity index (χ3n) is 4.23. The second kappa shape index (κ2) is 6.55. The van der Waals surface area contributed by atoms with Gasteiger partial charge in [-0.05, 0) is 18.2 Å². The highest BCUT2D eigenvalue weighted by Crippen LogP contribution is 2.42. The van der Waals surface area contributed by atoms with Gasteiger partial charge in [-0.2, -0.15) is 0 Å². The number of hydrogen-bond donors (Lipinski definition) is 1. The Kier molecular flexibility index (Phi) is 4.19. The normalized spacial score (nSPS) is 14.5. The van der Waals surface area contributed by atoms with Crippen LogP contribution >= 0.6 is 0 Å². The molecule has 4 rings (SSSR count). The molecule has 0 atom stereocenters. The van der Waals surface area contributed by atoms with Crippen LogP contribution in [0.25, 0.3) is 10.9 Å². The van der Waals surface area contributed by atoms with E-state index in [-0.39, 0.29) is 17.4 Å². The first kappa shape index (κ1) is 17.3. The summed E-state index contributed by atoms with van der Waals surface area (Å²) in [6.45, 7) is 1.11. The van der Waals surface area contributed by atoms with Crippen LogP contribution in [0.1, 0.15) is 10.4 Å². The largest absolute Gasteiger partial charge is 0.586 e. The van der Waals surface area contributed by atoms with Crippen molar-refractivity contribution in [1.29, 1.82) is 0 Å². The molecule has 1 aromatic heterocycles. The van der Waals surface area contributed by atoms with Gasteiger partial charge in [-0.25, -0.2) is 0 Å². The number of nitrogens with zero attached hydrogens (tertiary/aromatic N) is 1. The molecule has 0 saturated carbocycles. The van der Waals surface area contributed by atoms with Gasteiger partial charge in [0.15, 0.2) is 11.5 Å². The Morgan fingerprint density at radius 1 is 1.19 bits per heavy atom. The van der Waals surface area contributed by atoms with Crippen molar-refractivity contribution in [3.8, 4) is 11.5 Å². The molecule has 0 spiro atoms. The third-order valence-corrected chi connectivity index (χ3v) is 4.23. The highest BCUT2D eigenvalue weighted by Gasteiger charge is 2.43. The maximum atomic E-state index is 13.1. The van der Waals surface area contributed by atoms with Crippen LogP contribution in [0.2, 0.25) is 0 Å². The van der Waals surface area contributed by atoms with E-state index in [9.17, 15) is 13.6 Å². The third kappa shape index (κ3) is 3.31. The molecule has 0 saturated heterocycles. The van der Waals surface area contributed by atoms with Crippen LogP contribution < -0.4 is 14.8 Å². The molecule has 0 unspecified atom stereocenters. The van der Waals surface area contributed by atoms with E-state index in [0.29, 0.717) is 24.4 Å². The van der Waals surface area contributed by atoms with Crippen LogP contribution in [0.4, 0.5) is 14.5 Å². The number of hydrogen-bond acceptors (Lipinski definition) is 4. The van der Waals surface area contributed by atoms with Gasteiger partial charge in [0, 0.05) is 42.5 Å². The zero-order valence-corrected chi connectivity index (χ0v) is 14.4. The Balaban J connectivity index is 1.61. The molecule has 1 aliphatic rings. The number of halogens is 2. The molecule has 27 heavy (non-hydrogen) atoms. The van der Waals surface area contributed by atoms with E-state index in [2.05, 4.69) is 14.8 Å². The standard InChI is InChI=1S/C19H16F2N2O4/c1-25-9-8-23-11-14(13-4-2-3-5-15(13)23)18(24)22-12-6-7-16-17(10-12)27-19(20,21)26-16/h2-7,10-11H,8-9H2,1H3,(H,22,24). The number of amides is 1. The monoisotopic (exact) mass is 374 g/mol. The summed E-state index contributed by atoms with van der Waals surface area (Å²) in [5.41, 5.74) is 1.71. The van der Waals surface area contributed by atoms with E-state index < -0.39 is 6.29 Å². The van der Waals surface area contributed by atoms with E-state index in [1.165, 1.54) is 18.2 Å². The minimum atomic E-state index is -3.69. The molecular weight excluding hydrogens is 358 g/mol. The van der Waals surface area contributed by atoms with Crippen molar-refractivity contribution in [2.24, 2.45) is 0 Å². The van der Waals surface area contributed by atoms with Crippen molar-refractivity contribution in [1.82, 2.24) is 4.57 Å². The molecule has 1 N–H and O–H groups in total. The molecule has 0 fully saturated rings. The Bertz CT molecular complexity index is 1020. The fourth-order valence-electron chi connectivity index (χ4n) is 3.03. The van der Waals surface area contributed by atoms with Crippen molar-refractivity contribution < 1.29 is 27.8 Å². The highest BCUT2D eigenvalue weighted by molar-refractivity contribution is 6.13. The number of methoxy groups -OCH3 is 1. The van der Waals surface area contributed by atoms with E-state index in [1.54, 1.807) is 13.3 Å². The smallest absolute Gasteiger partial charge is 0.395 e. The fraction of sp³-hybridized carbons (Fsp3) is 0.211. The zero-order chi connectivity index (χ0) is 19.0. The zero-order valence-electron chi connectivity index (χ0n) is 14.4. The van der Waals surface area contributed by atoms with E-state index in [4.69, 9.17) is 4.74 Å². The number of benzene rings is 2. The summed E-state index contributed by atoms with van der Waals surface area (Å²) in [7, 11) is 1.61. The van der Waals surface area contributed by atoms with Gasteiger partial charge in [0.2, 0.25) is 0 Å². The number of rotatable bonds is 5. The number of alkyl halides is 2. The summed E-state index contributed by atoms with van der Waals surface area (Å²) >= 11 is 0. The second-order valence-corrected chi connectivity index (χ2v) is 6.03. The minimum Gasteiger partial charge on any atom is -0.395 e. The average molecular weight is 374 g/mol. The van der Waals surface area contributed by atoms with Gasteiger partial charge in [-0.15, -0.1) is 8.78 Å². The average Bonchev–Trinajstić information content (AvgIpc) is 3.15. The molecule has 1 amide bonds. The van der Waals surface area contributed by atoms with Crippen LogP contribution in [0.5, 0.6) is 11.5 Å². The molecule has 0 aliphatic carbocycles. The van der Waals surface area contributed by atoms with Crippen LogP contribution in [-0.2, 0) is 11.3 Å². The molecule has 6 nitrogen and oxygen atoms in total. The lowest BCUT2D eigenvalue weighted by Crippen LogP contribution is -2.25. The lowest BCUT2D eigenvalue weighted by atomic mass is 10.1. The Labute approximate surface area is 153 Å². The maximum Gasteiger partial charge on any atom is 0.586 e. The summed E-state index contributed by atoms with van der Waals surface area (Å²) in [4.78, 5) is 12.8. The predicted molar refractivity (Wildman–Crippen MR) is 94.4 cm³/mol. The van der Waals surface area contributed by atoms with Gasteiger partial charge in [-0.1, -0.05) is 18.2 Å². The van der Waals surface area contributed by atoms with Gasteiger partial charge in [0.1, 0.15) is 0 Å². The first-order valence-corrected chi connectivity index (χ1v) is 8.25. The van der Waals surface area contributed by atoms with E-state index in [0.717, 1.165) is 10.9 Å². The van der Waals surface area contributed by atoms with Crippen molar-refractivity contribution in [2.45, 2.75) is 12.8 Å². The fourth-order valence-corrected chi connectivity index (χ4v) is 3.03. The predicted octanol–water partition coefficient (Wildman–Crippen LogP) is 3.86. The van der Waals surface area contributed by atoms with E-state index >= 15 is 0 Å². The first-order valence-electron chi connectivity index (χ1n) is 8.25. The molecule has 3 aromatic rings.